The van der Waals surface area contributed by atoms with Crippen LogP contribution in [0, 0.1) is 12.8 Å². The summed E-state index contributed by atoms with van der Waals surface area (Å²) in [6.45, 7) is 6.74. The summed E-state index contributed by atoms with van der Waals surface area (Å²) in [5.41, 5.74) is 1.78. The van der Waals surface area contributed by atoms with Gasteiger partial charge >= 0.3 is 0 Å². The summed E-state index contributed by atoms with van der Waals surface area (Å²) in [5, 5.41) is 3.95. The van der Waals surface area contributed by atoms with Crippen LogP contribution in [0.15, 0.2) is 40.3 Å². The van der Waals surface area contributed by atoms with Gasteiger partial charge in [-0.05, 0) is 18.4 Å². The fraction of sp³-hybridized carbons (Fsp3) is 0.316. The molecule has 3 aromatic rings. The van der Waals surface area contributed by atoms with Gasteiger partial charge in [-0.15, -0.1) is 11.3 Å². The smallest absolute Gasteiger partial charge is 0.260 e. The SMILES string of the molecule is Cc1sc2nc(SCC(=O)NCC(C)C)[nH]c(=O)c2c1-c1ccccc1. The molecule has 0 fully saturated rings. The van der Waals surface area contributed by atoms with Gasteiger partial charge in [-0.2, -0.15) is 0 Å². The molecular weight excluding hydrogens is 366 g/mol. The van der Waals surface area contributed by atoms with Crippen LogP contribution in [-0.4, -0.2) is 28.2 Å². The Morgan fingerprint density at radius 1 is 1.31 bits per heavy atom. The highest BCUT2D eigenvalue weighted by Crippen LogP contribution is 2.35. The molecule has 3 rings (SSSR count). The maximum atomic E-state index is 12.7. The molecule has 0 aliphatic carbocycles. The number of hydrogen-bond donors (Lipinski definition) is 2. The first-order valence-electron chi connectivity index (χ1n) is 8.44. The molecule has 136 valence electrons. The van der Waals surface area contributed by atoms with Crippen molar-refractivity contribution in [3.63, 3.8) is 0 Å². The molecule has 7 heteroatoms. The molecule has 0 unspecified atom stereocenters. The van der Waals surface area contributed by atoms with E-state index in [4.69, 9.17) is 0 Å². The Balaban J connectivity index is 1.86. The monoisotopic (exact) mass is 387 g/mol. The van der Waals surface area contributed by atoms with Gasteiger partial charge in [0.15, 0.2) is 5.16 Å². The lowest BCUT2D eigenvalue weighted by atomic mass is 10.0. The number of H-pyrrole nitrogens is 1. The largest absolute Gasteiger partial charge is 0.355 e. The number of aromatic nitrogens is 2. The number of carbonyl (C=O) groups is 1. The van der Waals surface area contributed by atoms with Gasteiger partial charge in [0.25, 0.3) is 5.56 Å². The van der Waals surface area contributed by atoms with Gasteiger partial charge in [-0.1, -0.05) is 55.9 Å². The molecule has 2 heterocycles. The Kier molecular flexibility index (Phi) is 5.78. The van der Waals surface area contributed by atoms with E-state index in [1.165, 1.54) is 23.1 Å². The molecule has 1 amide bonds. The van der Waals surface area contributed by atoms with Crippen molar-refractivity contribution in [3.05, 3.63) is 45.6 Å². The first-order chi connectivity index (χ1) is 12.5. The summed E-state index contributed by atoms with van der Waals surface area (Å²) in [4.78, 5) is 33.7. The molecule has 2 aromatic heterocycles. The van der Waals surface area contributed by atoms with E-state index in [0.29, 0.717) is 27.8 Å². The van der Waals surface area contributed by atoms with E-state index in [9.17, 15) is 9.59 Å². The first kappa shape index (κ1) is 18.7. The number of aryl methyl sites for hydroxylation is 1. The molecule has 0 spiro atoms. The maximum absolute atomic E-state index is 12.7. The van der Waals surface area contributed by atoms with Crippen molar-refractivity contribution in [1.82, 2.24) is 15.3 Å². The standard InChI is InChI=1S/C19H21N3O2S2/c1-11(2)9-20-14(23)10-25-19-21-17(24)16-15(12(3)26-18(16)22-19)13-7-5-4-6-8-13/h4-8,11H,9-10H2,1-3H3,(H,20,23)(H,21,22,24). The second kappa shape index (κ2) is 8.05. The van der Waals surface area contributed by atoms with Gasteiger partial charge in [-0.3, -0.25) is 9.59 Å². The number of fused-ring (bicyclic) bond motifs is 1. The van der Waals surface area contributed by atoms with E-state index in [1.54, 1.807) is 0 Å². The lowest BCUT2D eigenvalue weighted by Crippen LogP contribution is -2.28. The van der Waals surface area contributed by atoms with Gasteiger partial charge in [-0.25, -0.2) is 4.98 Å². The summed E-state index contributed by atoms with van der Waals surface area (Å²) in [6, 6.07) is 9.86. The van der Waals surface area contributed by atoms with Crippen molar-refractivity contribution in [3.8, 4) is 11.1 Å². The highest BCUT2D eigenvalue weighted by Gasteiger charge is 2.17. The molecule has 0 aliphatic rings. The third-order valence-corrected chi connectivity index (χ3v) is 5.70. The lowest BCUT2D eigenvalue weighted by Gasteiger charge is -2.07. The topological polar surface area (TPSA) is 74.8 Å². The van der Waals surface area contributed by atoms with Crippen molar-refractivity contribution in [2.24, 2.45) is 5.92 Å². The van der Waals surface area contributed by atoms with Crippen molar-refractivity contribution in [2.75, 3.05) is 12.3 Å². The number of benzene rings is 1. The molecule has 0 bridgehead atoms. The van der Waals surface area contributed by atoms with Crippen LogP contribution in [0.4, 0.5) is 0 Å². The summed E-state index contributed by atoms with van der Waals surface area (Å²) in [5.74, 6) is 0.583. The van der Waals surface area contributed by atoms with E-state index in [2.05, 4.69) is 15.3 Å². The van der Waals surface area contributed by atoms with Crippen molar-refractivity contribution in [2.45, 2.75) is 25.9 Å². The van der Waals surface area contributed by atoms with Crippen LogP contribution in [0.3, 0.4) is 0 Å². The summed E-state index contributed by atoms with van der Waals surface area (Å²) in [6.07, 6.45) is 0. The van der Waals surface area contributed by atoms with Gasteiger partial charge in [0.05, 0.1) is 11.1 Å². The molecule has 5 nitrogen and oxygen atoms in total. The molecule has 0 saturated carbocycles. The fourth-order valence-electron chi connectivity index (χ4n) is 2.62. The lowest BCUT2D eigenvalue weighted by molar-refractivity contribution is -0.118. The Morgan fingerprint density at radius 2 is 2.04 bits per heavy atom. The minimum Gasteiger partial charge on any atom is -0.355 e. The maximum Gasteiger partial charge on any atom is 0.260 e. The van der Waals surface area contributed by atoms with Crippen molar-refractivity contribution >= 4 is 39.2 Å². The summed E-state index contributed by atoms with van der Waals surface area (Å²) in [7, 11) is 0. The average molecular weight is 388 g/mol. The Hall–Kier alpha value is -2.12. The van der Waals surface area contributed by atoms with Crippen LogP contribution in [0.1, 0.15) is 18.7 Å². The van der Waals surface area contributed by atoms with E-state index in [-0.39, 0.29) is 17.2 Å². The number of rotatable bonds is 6. The zero-order chi connectivity index (χ0) is 18.7. The zero-order valence-electron chi connectivity index (χ0n) is 15.0. The molecule has 2 N–H and O–H groups in total. The normalized spacial score (nSPS) is 11.2. The fourth-order valence-corrected chi connectivity index (χ4v) is 4.42. The van der Waals surface area contributed by atoms with E-state index < -0.39 is 0 Å². The van der Waals surface area contributed by atoms with E-state index in [1.807, 2.05) is 51.1 Å². The second-order valence-electron chi connectivity index (χ2n) is 6.44. The number of aromatic amines is 1. The molecule has 0 aliphatic heterocycles. The van der Waals surface area contributed by atoms with Gasteiger partial charge in [0.2, 0.25) is 5.91 Å². The third-order valence-electron chi connectivity index (χ3n) is 3.83. The predicted molar refractivity (Wildman–Crippen MR) is 109 cm³/mol. The highest BCUT2D eigenvalue weighted by molar-refractivity contribution is 7.99. The summed E-state index contributed by atoms with van der Waals surface area (Å²) < 4.78 is 0. The van der Waals surface area contributed by atoms with Crippen molar-refractivity contribution < 1.29 is 4.79 Å². The third kappa shape index (κ3) is 4.16. The van der Waals surface area contributed by atoms with Crippen LogP contribution in [0.2, 0.25) is 0 Å². The molecule has 26 heavy (non-hydrogen) atoms. The quantitative estimate of drug-likeness (QED) is 0.498. The minimum absolute atomic E-state index is 0.0567. The Morgan fingerprint density at radius 3 is 2.73 bits per heavy atom. The molecule has 1 aromatic carbocycles. The van der Waals surface area contributed by atoms with Gasteiger partial charge in [0, 0.05) is 17.0 Å². The van der Waals surface area contributed by atoms with Gasteiger partial charge in [0.1, 0.15) is 4.83 Å². The molecular formula is C19H21N3O2S2. The zero-order valence-corrected chi connectivity index (χ0v) is 16.6. The average Bonchev–Trinajstić information content (AvgIpc) is 2.95. The predicted octanol–water partition coefficient (Wildman–Crippen LogP) is 3.82. The summed E-state index contributed by atoms with van der Waals surface area (Å²) >= 11 is 2.75. The number of thioether (sulfide) groups is 1. The molecule has 0 radical (unpaired) electrons. The number of nitrogens with zero attached hydrogens (tertiary/aromatic N) is 1. The van der Waals surface area contributed by atoms with Crippen LogP contribution < -0.4 is 10.9 Å². The van der Waals surface area contributed by atoms with E-state index >= 15 is 0 Å². The Labute approximate surface area is 160 Å². The number of hydrogen-bond acceptors (Lipinski definition) is 5. The molecule has 0 atom stereocenters. The van der Waals surface area contributed by atoms with E-state index in [0.717, 1.165) is 16.0 Å². The second-order valence-corrected chi connectivity index (χ2v) is 8.60. The van der Waals surface area contributed by atoms with Crippen LogP contribution >= 0.6 is 23.1 Å². The number of nitrogens with one attached hydrogen (secondary N) is 2. The van der Waals surface area contributed by atoms with Crippen LogP contribution in [-0.2, 0) is 4.79 Å². The van der Waals surface area contributed by atoms with Crippen molar-refractivity contribution in [1.29, 1.82) is 0 Å². The number of thiophene rings is 1. The number of carbonyl (C=O) groups excluding carboxylic acids is 1. The molecule has 0 saturated heterocycles. The van der Waals surface area contributed by atoms with Crippen LogP contribution in [0.5, 0.6) is 0 Å². The first-order valence-corrected chi connectivity index (χ1v) is 10.2. The number of amides is 1. The van der Waals surface area contributed by atoms with Crippen LogP contribution in [0.25, 0.3) is 21.3 Å². The minimum atomic E-state index is -0.164. The Bertz CT molecular complexity index is 978. The van der Waals surface area contributed by atoms with Gasteiger partial charge < -0.3 is 10.3 Å². The highest BCUT2D eigenvalue weighted by atomic mass is 32.2.